The molecular formula is C15H14N2O. The Hall–Kier alpha value is -2.13. The number of aryl methyl sites for hydroxylation is 1. The quantitative estimate of drug-likeness (QED) is 0.721. The van der Waals surface area contributed by atoms with Gasteiger partial charge in [0, 0.05) is 29.2 Å². The normalized spacial score (nSPS) is 12.8. The zero-order valence-electron chi connectivity index (χ0n) is 10.1. The smallest absolute Gasteiger partial charge is 0.106 e. The van der Waals surface area contributed by atoms with Crippen LogP contribution in [0.25, 0.3) is 10.9 Å². The molecule has 3 nitrogen and oxygen atoms in total. The lowest BCUT2D eigenvalue weighted by molar-refractivity contribution is 0.220. The van der Waals surface area contributed by atoms with Crippen molar-refractivity contribution in [3.8, 4) is 0 Å². The number of fused-ring (bicyclic) bond motifs is 1. The number of hydrogen-bond acceptors (Lipinski definition) is 2. The molecule has 0 amide bonds. The van der Waals surface area contributed by atoms with Gasteiger partial charge in [0.25, 0.3) is 0 Å². The van der Waals surface area contributed by atoms with Crippen LogP contribution in [0.3, 0.4) is 0 Å². The molecule has 3 rings (SSSR count). The third-order valence-corrected chi connectivity index (χ3v) is 3.14. The van der Waals surface area contributed by atoms with Gasteiger partial charge in [-0.05, 0) is 42.1 Å². The van der Waals surface area contributed by atoms with Crippen LogP contribution in [0.4, 0.5) is 0 Å². The van der Waals surface area contributed by atoms with Gasteiger partial charge in [-0.3, -0.25) is 4.98 Å². The summed E-state index contributed by atoms with van der Waals surface area (Å²) in [5.41, 5.74) is 3.73. The van der Waals surface area contributed by atoms with Crippen LogP contribution in [-0.2, 0) is 0 Å². The molecule has 0 aliphatic carbocycles. The van der Waals surface area contributed by atoms with Crippen LogP contribution in [0, 0.1) is 6.92 Å². The first-order valence-corrected chi connectivity index (χ1v) is 5.92. The maximum Gasteiger partial charge on any atom is 0.106 e. The molecular weight excluding hydrogens is 224 g/mol. The van der Waals surface area contributed by atoms with Crippen molar-refractivity contribution in [2.75, 3.05) is 0 Å². The molecule has 1 aromatic carbocycles. The van der Waals surface area contributed by atoms with Crippen molar-refractivity contribution in [3.05, 3.63) is 65.6 Å². The summed E-state index contributed by atoms with van der Waals surface area (Å²) in [6, 6.07) is 11.7. The van der Waals surface area contributed by atoms with Gasteiger partial charge in [0.1, 0.15) is 6.10 Å². The molecule has 0 saturated carbocycles. The molecule has 3 aromatic rings. The van der Waals surface area contributed by atoms with Crippen molar-refractivity contribution in [3.63, 3.8) is 0 Å². The second kappa shape index (κ2) is 4.27. The lowest BCUT2D eigenvalue weighted by atomic mass is 10.0. The Morgan fingerprint density at radius 2 is 1.94 bits per heavy atom. The summed E-state index contributed by atoms with van der Waals surface area (Å²) >= 11 is 0. The number of pyridine rings is 1. The summed E-state index contributed by atoms with van der Waals surface area (Å²) in [6.45, 7) is 1.93. The van der Waals surface area contributed by atoms with E-state index in [4.69, 9.17) is 0 Å². The molecule has 0 radical (unpaired) electrons. The van der Waals surface area contributed by atoms with Gasteiger partial charge in [-0.25, -0.2) is 0 Å². The maximum absolute atomic E-state index is 10.3. The van der Waals surface area contributed by atoms with E-state index >= 15 is 0 Å². The predicted octanol–water partition coefficient (Wildman–Crippen LogP) is 2.95. The lowest BCUT2D eigenvalue weighted by Crippen LogP contribution is -2.00. The Labute approximate surface area is 105 Å². The molecule has 0 saturated heterocycles. The number of aromatic amines is 1. The summed E-state index contributed by atoms with van der Waals surface area (Å²) in [7, 11) is 0. The van der Waals surface area contributed by atoms with Crippen molar-refractivity contribution >= 4 is 10.9 Å². The summed E-state index contributed by atoms with van der Waals surface area (Å²) in [5.74, 6) is 0. The zero-order chi connectivity index (χ0) is 12.5. The first kappa shape index (κ1) is 11.0. The molecule has 2 N–H and O–H groups in total. The highest BCUT2D eigenvalue weighted by Crippen LogP contribution is 2.24. The minimum absolute atomic E-state index is 0.627. The fraction of sp³-hybridized carbons (Fsp3) is 0.133. The van der Waals surface area contributed by atoms with E-state index in [2.05, 4.69) is 9.97 Å². The van der Waals surface area contributed by atoms with Crippen molar-refractivity contribution in [2.45, 2.75) is 13.0 Å². The van der Waals surface area contributed by atoms with E-state index in [-0.39, 0.29) is 0 Å². The third kappa shape index (κ3) is 1.89. The highest BCUT2D eigenvalue weighted by molar-refractivity contribution is 5.80. The molecule has 0 aliphatic rings. The van der Waals surface area contributed by atoms with E-state index in [1.165, 1.54) is 0 Å². The van der Waals surface area contributed by atoms with E-state index in [1.54, 1.807) is 6.20 Å². The van der Waals surface area contributed by atoms with Crippen LogP contribution in [-0.4, -0.2) is 15.1 Å². The number of aliphatic hydroxyl groups excluding tert-OH is 1. The summed E-state index contributed by atoms with van der Waals surface area (Å²) < 4.78 is 0. The van der Waals surface area contributed by atoms with Gasteiger partial charge in [-0.2, -0.15) is 0 Å². The first-order chi connectivity index (χ1) is 8.74. The van der Waals surface area contributed by atoms with Crippen molar-refractivity contribution in [1.29, 1.82) is 0 Å². The van der Waals surface area contributed by atoms with E-state index in [0.29, 0.717) is 0 Å². The molecule has 1 atom stereocenters. The Bertz CT molecular complexity index is 670. The number of rotatable bonds is 2. The van der Waals surface area contributed by atoms with Gasteiger partial charge < -0.3 is 10.1 Å². The molecule has 2 aromatic heterocycles. The number of aromatic nitrogens is 2. The molecule has 90 valence electrons. The molecule has 3 heteroatoms. The first-order valence-electron chi connectivity index (χ1n) is 5.92. The summed E-state index contributed by atoms with van der Waals surface area (Å²) in [4.78, 5) is 7.35. The largest absolute Gasteiger partial charge is 0.384 e. The Morgan fingerprint density at radius 1 is 1.11 bits per heavy atom. The molecule has 1 unspecified atom stereocenters. The van der Waals surface area contributed by atoms with Crippen LogP contribution >= 0.6 is 0 Å². The number of nitrogens with one attached hydrogen (secondary N) is 1. The molecule has 0 fully saturated rings. The van der Waals surface area contributed by atoms with E-state index in [1.807, 2.05) is 49.5 Å². The van der Waals surface area contributed by atoms with Crippen LogP contribution in [0.15, 0.2) is 48.8 Å². The van der Waals surface area contributed by atoms with Gasteiger partial charge in [0.2, 0.25) is 0 Å². The molecule has 0 spiro atoms. The van der Waals surface area contributed by atoms with Crippen LogP contribution in [0.2, 0.25) is 0 Å². The lowest BCUT2D eigenvalue weighted by Gasteiger charge is -2.11. The average Bonchev–Trinajstić information content (AvgIpc) is 2.86. The number of H-pyrrole nitrogens is 1. The summed E-state index contributed by atoms with van der Waals surface area (Å²) in [6.07, 6.45) is 2.99. The minimum Gasteiger partial charge on any atom is -0.384 e. The number of nitrogens with zero attached hydrogens (tertiary/aromatic N) is 1. The predicted molar refractivity (Wildman–Crippen MR) is 71.3 cm³/mol. The van der Waals surface area contributed by atoms with Crippen LogP contribution in [0.1, 0.15) is 22.9 Å². The molecule has 18 heavy (non-hydrogen) atoms. The van der Waals surface area contributed by atoms with E-state index in [0.717, 1.165) is 27.7 Å². The van der Waals surface area contributed by atoms with Crippen molar-refractivity contribution < 1.29 is 5.11 Å². The standard InChI is InChI=1S/C15H14N2O/c1-10-2-3-13(9-17-10)15(18)12-4-5-14-11(8-12)6-7-16-14/h2-9,15-16,18H,1H3. The average molecular weight is 238 g/mol. The molecule has 2 heterocycles. The Morgan fingerprint density at radius 3 is 2.72 bits per heavy atom. The fourth-order valence-corrected chi connectivity index (χ4v) is 2.08. The number of benzene rings is 1. The van der Waals surface area contributed by atoms with Gasteiger partial charge >= 0.3 is 0 Å². The third-order valence-electron chi connectivity index (χ3n) is 3.14. The minimum atomic E-state index is -0.627. The Balaban J connectivity index is 2.00. The fourth-order valence-electron chi connectivity index (χ4n) is 2.08. The Kier molecular flexibility index (Phi) is 2.61. The second-order valence-corrected chi connectivity index (χ2v) is 4.46. The number of hydrogen-bond donors (Lipinski definition) is 2. The van der Waals surface area contributed by atoms with Gasteiger partial charge in [-0.1, -0.05) is 12.1 Å². The topological polar surface area (TPSA) is 48.9 Å². The van der Waals surface area contributed by atoms with Crippen molar-refractivity contribution in [1.82, 2.24) is 9.97 Å². The SMILES string of the molecule is Cc1ccc(C(O)c2ccc3[nH]ccc3c2)cn1. The van der Waals surface area contributed by atoms with Crippen LogP contribution in [0.5, 0.6) is 0 Å². The monoisotopic (exact) mass is 238 g/mol. The van der Waals surface area contributed by atoms with Gasteiger partial charge in [0.05, 0.1) is 0 Å². The van der Waals surface area contributed by atoms with Gasteiger partial charge in [-0.15, -0.1) is 0 Å². The van der Waals surface area contributed by atoms with E-state index < -0.39 is 6.10 Å². The van der Waals surface area contributed by atoms with E-state index in [9.17, 15) is 5.11 Å². The zero-order valence-corrected chi connectivity index (χ0v) is 10.1. The molecule has 0 bridgehead atoms. The highest BCUT2D eigenvalue weighted by Gasteiger charge is 2.11. The molecule has 0 aliphatic heterocycles. The van der Waals surface area contributed by atoms with Gasteiger partial charge in [0.15, 0.2) is 0 Å². The maximum atomic E-state index is 10.3. The van der Waals surface area contributed by atoms with Crippen molar-refractivity contribution in [2.24, 2.45) is 0 Å². The van der Waals surface area contributed by atoms with Crippen LogP contribution < -0.4 is 0 Å². The summed E-state index contributed by atoms with van der Waals surface area (Å²) in [5, 5.41) is 11.4. The second-order valence-electron chi connectivity index (χ2n) is 4.46. The number of aliphatic hydroxyl groups is 1. The highest BCUT2D eigenvalue weighted by atomic mass is 16.3.